The zero-order chi connectivity index (χ0) is 12.4. The Bertz CT molecular complexity index is 595. The summed E-state index contributed by atoms with van der Waals surface area (Å²) in [4.78, 5) is 4.32. The molecule has 90 valence electrons. The predicted molar refractivity (Wildman–Crippen MR) is 70.7 cm³/mol. The number of fused-ring (bicyclic) bond motifs is 1. The minimum absolute atomic E-state index is 0.104. The summed E-state index contributed by atoms with van der Waals surface area (Å²) < 4.78 is 0. The van der Waals surface area contributed by atoms with E-state index in [1.54, 1.807) is 12.1 Å². The van der Waals surface area contributed by atoms with Crippen LogP contribution >= 0.6 is 0 Å². The first kappa shape index (κ1) is 10.5. The van der Waals surface area contributed by atoms with Crippen LogP contribution in [0.1, 0.15) is 0 Å². The zero-order valence-electron chi connectivity index (χ0n) is 9.41. The Morgan fingerprint density at radius 3 is 2.72 bits per heavy atom. The second-order valence-corrected chi connectivity index (χ2v) is 3.76. The Balaban J connectivity index is 1.84. The first-order valence-electron chi connectivity index (χ1n) is 5.46. The number of hydrogen-bond acceptors (Lipinski definition) is 3. The number of aliphatic hydroxyl groups is 1. The molecule has 1 aliphatic rings. The molecular formula is C13H10N4O-2. The molecule has 0 radical (unpaired) electrons. The third-order valence-corrected chi connectivity index (χ3v) is 2.44. The van der Waals surface area contributed by atoms with Gasteiger partial charge in [0, 0.05) is 17.4 Å². The summed E-state index contributed by atoms with van der Waals surface area (Å²) in [7, 11) is 0. The number of para-hydroxylation sites is 1. The molecule has 5 heteroatoms. The number of anilines is 2. The van der Waals surface area contributed by atoms with Crippen LogP contribution in [-0.4, -0.2) is 10.1 Å². The van der Waals surface area contributed by atoms with Crippen LogP contribution in [0.25, 0.3) is 10.6 Å². The Morgan fingerprint density at radius 2 is 1.89 bits per heavy atom. The number of hydrogen-bond donors (Lipinski definition) is 2. The van der Waals surface area contributed by atoms with Gasteiger partial charge in [-0.3, -0.25) is 0 Å². The highest BCUT2D eigenvalue weighted by Gasteiger charge is 1.95. The molecule has 5 nitrogen and oxygen atoms in total. The number of pyridine rings is 1. The minimum Gasteiger partial charge on any atom is -0.628 e. The van der Waals surface area contributed by atoms with Crippen molar-refractivity contribution in [3.63, 3.8) is 0 Å². The monoisotopic (exact) mass is 238 g/mol. The van der Waals surface area contributed by atoms with Crippen molar-refractivity contribution in [2.24, 2.45) is 0 Å². The van der Waals surface area contributed by atoms with E-state index in [1.807, 2.05) is 30.3 Å². The quantitative estimate of drug-likeness (QED) is 0.823. The summed E-state index contributed by atoms with van der Waals surface area (Å²) in [5, 5.41) is 20.3. The molecule has 0 bridgehead atoms. The normalized spacial score (nSPS) is 12.8. The van der Waals surface area contributed by atoms with Crippen LogP contribution in [0.3, 0.4) is 0 Å². The van der Waals surface area contributed by atoms with E-state index in [2.05, 4.69) is 20.9 Å². The molecule has 1 aromatic carbocycles. The fraction of sp³-hybridized carbons (Fsp3) is 0. The summed E-state index contributed by atoms with van der Waals surface area (Å²) in [6, 6.07) is 13.3. The lowest BCUT2D eigenvalue weighted by Crippen LogP contribution is -1.95. The van der Waals surface area contributed by atoms with Crippen molar-refractivity contribution in [2.75, 3.05) is 5.32 Å². The van der Waals surface area contributed by atoms with Crippen molar-refractivity contribution in [1.29, 1.82) is 0 Å². The van der Waals surface area contributed by atoms with E-state index >= 15 is 0 Å². The van der Waals surface area contributed by atoms with E-state index in [0.717, 1.165) is 5.69 Å². The van der Waals surface area contributed by atoms with Crippen molar-refractivity contribution in [3.05, 3.63) is 65.2 Å². The van der Waals surface area contributed by atoms with Crippen LogP contribution in [0, 0.1) is 0 Å². The second kappa shape index (κ2) is 4.29. The number of rotatable bonds is 2. The largest absolute Gasteiger partial charge is 0.628 e. The molecule has 0 fully saturated rings. The molecule has 1 aliphatic heterocycles. The second-order valence-electron chi connectivity index (χ2n) is 3.76. The molecule has 0 atom stereocenters. The summed E-state index contributed by atoms with van der Waals surface area (Å²) >= 11 is 0. The molecule has 18 heavy (non-hydrogen) atoms. The molecule has 2 heterocycles. The third-order valence-electron chi connectivity index (χ3n) is 2.44. The fourth-order valence-electron chi connectivity index (χ4n) is 1.63. The lowest BCUT2D eigenvalue weighted by Gasteiger charge is -2.34. The Labute approximate surface area is 104 Å². The first-order chi connectivity index (χ1) is 8.81. The molecular weight excluding hydrogens is 228 g/mol. The van der Waals surface area contributed by atoms with Gasteiger partial charge >= 0.3 is 0 Å². The van der Waals surface area contributed by atoms with E-state index in [9.17, 15) is 5.11 Å². The maximum atomic E-state index is 9.22. The van der Waals surface area contributed by atoms with Crippen molar-refractivity contribution < 1.29 is 5.11 Å². The lowest BCUT2D eigenvalue weighted by molar-refractivity contribution is 0.426. The fourth-order valence-corrected chi connectivity index (χ4v) is 1.63. The van der Waals surface area contributed by atoms with Gasteiger partial charge in [-0.25, -0.2) is 0 Å². The van der Waals surface area contributed by atoms with Crippen LogP contribution in [0.2, 0.25) is 0 Å². The van der Waals surface area contributed by atoms with Crippen LogP contribution < -0.4 is 5.32 Å². The zero-order valence-corrected chi connectivity index (χ0v) is 9.41. The summed E-state index contributed by atoms with van der Waals surface area (Å²) in [6.45, 7) is 0. The smallest absolute Gasteiger partial charge is 0.0381 e. The topological polar surface area (TPSA) is 73.3 Å². The molecule has 0 unspecified atom stereocenters. The van der Waals surface area contributed by atoms with Crippen molar-refractivity contribution in [3.8, 4) is 0 Å². The highest BCUT2D eigenvalue weighted by Crippen LogP contribution is 2.40. The standard InChI is InChI=1S/C13H10N4O/c18-12-8-14-13-10(16-12)6-7-11(17-13)15-9-4-2-1-3-5-9/h1-8H,(H2-,14,15,17,18)/q-2. The highest BCUT2D eigenvalue weighted by molar-refractivity contribution is 5.78. The molecule has 2 aromatic rings. The number of nitrogens with one attached hydrogen (secondary N) is 1. The minimum atomic E-state index is -0.104. The molecule has 1 aromatic heterocycles. The lowest BCUT2D eigenvalue weighted by atomic mass is 10.3. The SMILES string of the molecule is OC1=C[N-]c2nc(Nc3ccccc3)ccc2[N-]1. The van der Waals surface area contributed by atoms with E-state index in [1.165, 1.54) is 6.20 Å². The van der Waals surface area contributed by atoms with Crippen LogP contribution in [-0.2, 0) is 0 Å². The van der Waals surface area contributed by atoms with Gasteiger partial charge in [0.15, 0.2) is 0 Å². The molecule has 0 saturated carbocycles. The van der Waals surface area contributed by atoms with Crippen molar-refractivity contribution in [1.82, 2.24) is 4.98 Å². The van der Waals surface area contributed by atoms with Crippen LogP contribution in [0.4, 0.5) is 23.0 Å². The number of benzene rings is 1. The molecule has 2 N–H and O–H groups in total. The van der Waals surface area contributed by atoms with Gasteiger partial charge in [0.2, 0.25) is 0 Å². The maximum absolute atomic E-state index is 9.22. The average molecular weight is 238 g/mol. The highest BCUT2D eigenvalue weighted by atomic mass is 16.3. The Kier molecular flexibility index (Phi) is 2.49. The van der Waals surface area contributed by atoms with Gasteiger partial charge in [-0.1, -0.05) is 36.3 Å². The van der Waals surface area contributed by atoms with Gasteiger partial charge in [-0.15, -0.1) is 5.69 Å². The molecule has 0 spiro atoms. The van der Waals surface area contributed by atoms with Gasteiger partial charge < -0.3 is 26.0 Å². The van der Waals surface area contributed by atoms with Gasteiger partial charge in [-0.2, -0.15) is 0 Å². The predicted octanol–water partition coefficient (Wildman–Crippen LogP) is 4.21. The number of aromatic nitrogens is 1. The van der Waals surface area contributed by atoms with E-state index in [-0.39, 0.29) is 5.88 Å². The molecule has 0 saturated heterocycles. The first-order valence-corrected chi connectivity index (χ1v) is 5.46. The third kappa shape index (κ3) is 2.06. The molecule has 3 rings (SSSR count). The number of aliphatic hydroxyl groups excluding tert-OH is 1. The van der Waals surface area contributed by atoms with Gasteiger partial charge in [0.1, 0.15) is 0 Å². The van der Waals surface area contributed by atoms with E-state index in [0.29, 0.717) is 17.3 Å². The Hall–Kier alpha value is -2.69. The van der Waals surface area contributed by atoms with Gasteiger partial charge in [-0.05, 0) is 18.2 Å². The van der Waals surface area contributed by atoms with E-state index < -0.39 is 0 Å². The maximum Gasteiger partial charge on any atom is 0.0381 e. The molecule has 0 aliphatic carbocycles. The average Bonchev–Trinajstić information content (AvgIpc) is 2.40. The van der Waals surface area contributed by atoms with Crippen LogP contribution in [0.15, 0.2) is 54.5 Å². The number of nitrogens with zero attached hydrogens (tertiary/aromatic N) is 3. The van der Waals surface area contributed by atoms with Crippen molar-refractivity contribution in [2.45, 2.75) is 0 Å². The Morgan fingerprint density at radius 1 is 1.06 bits per heavy atom. The van der Waals surface area contributed by atoms with Gasteiger partial charge in [0.05, 0.1) is 0 Å². The summed E-state index contributed by atoms with van der Waals surface area (Å²) in [6.07, 6.45) is 1.28. The van der Waals surface area contributed by atoms with Gasteiger partial charge in [0.25, 0.3) is 0 Å². The summed E-state index contributed by atoms with van der Waals surface area (Å²) in [5.41, 5.74) is 1.52. The summed E-state index contributed by atoms with van der Waals surface area (Å²) in [5.74, 6) is 1.08. The van der Waals surface area contributed by atoms with E-state index in [4.69, 9.17) is 0 Å². The van der Waals surface area contributed by atoms with Crippen LogP contribution in [0.5, 0.6) is 0 Å². The van der Waals surface area contributed by atoms with Crippen molar-refractivity contribution >= 4 is 23.0 Å². The molecule has 0 amide bonds.